The van der Waals surface area contributed by atoms with E-state index >= 15 is 0 Å². The summed E-state index contributed by atoms with van der Waals surface area (Å²) in [6, 6.07) is -0.792. The molecule has 1 aliphatic carbocycles. The number of nitrogens with one attached hydrogen (secondary N) is 1. The second-order valence-electron chi connectivity index (χ2n) is 4.78. The summed E-state index contributed by atoms with van der Waals surface area (Å²) in [4.78, 5) is 11.1. The zero-order chi connectivity index (χ0) is 11.9. The summed E-state index contributed by atoms with van der Waals surface area (Å²) in [5, 5.41) is 2.20. The molecule has 1 aliphatic rings. The normalized spacial score (nSPS) is 26.0. The van der Waals surface area contributed by atoms with Crippen LogP contribution in [0.15, 0.2) is 0 Å². The summed E-state index contributed by atoms with van der Waals surface area (Å²) in [5.74, 6) is -1.35. The molecule has 1 amide bonds. The van der Waals surface area contributed by atoms with E-state index in [2.05, 4.69) is 5.32 Å². The highest BCUT2D eigenvalue weighted by Crippen LogP contribution is 2.47. The molecule has 0 aromatic heterocycles. The van der Waals surface area contributed by atoms with E-state index < -0.39 is 30.5 Å². The van der Waals surface area contributed by atoms with Crippen LogP contribution in [0, 0.1) is 0 Å². The van der Waals surface area contributed by atoms with E-state index in [1.165, 1.54) is 0 Å². The average molecular weight is 224 g/mol. The van der Waals surface area contributed by atoms with Crippen molar-refractivity contribution in [1.82, 2.24) is 5.32 Å². The summed E-state index contributed by atoms with van der Waals surface area (Å²) in [6.45, 7) is 0.138. The van der Waals surface area contributed by atoms with E-state index in [9.17, 15) is 17.7 Å². The van der Waals surface area contributed by atoms with E-state index in [4.69, 9.17) is 4.74 Å². The van der Waals surface area contributed by atoms with E-state index in [0.29, 0.717) is 0 Å². The number of carbonyl (C=O) groups excluding carboxylic acids is 1. The molecule has 0 spiro atoms. The Morgan fingerprint density at radius 1 is 1.40 bits per heavy atom. The van der Waals surface area contributed by atoms with Crippen LogP contribution in [0.1, 0.15) is 27.2 Å². The molecule has 88 valence electrons. The van der Waals surface area contributed by atoms with Gasteiger partial charge < -0.3 is 23.0 Å². The van der Waals surface area contributed by atoms with Crippen molar-refractivity contribution in [2.75, 3.05) is 0 Å². The molecule has 0 bridgehead atoms. The van der Waals surface area contributed by atoms with Gasteiger partial charge in [-0.15, -0.1) is 0 Å². The molecule has 1 saturated carbocycles. The van der Waals surface area contributed by atoms with Gasteiger partial charge >= 0.3 is 13.1 Å². The minimum Gasteiger partial charge on any atom is -0.449 e. The molecule has 7 heteroatoms. The van der Waals surface area contributed by atoms with E-state index in [1.54, 1.807) is 20.8 Å². The molecule has 1 rings (SSSR count). The van der Waals surface area contributed by atoms with Crippen LogP contribution in [-0.4, -0.2) is 24.7 Å². The van der Waals surface area contributed by atoms with Crippen LogP contribution < -0.4 is 5.32 Å². The van der Waals surface area contributed by atoms with Crippen molar-refractivity contribution in [2.24, 2.45) is 0 Å². The van der Waals surface area contributed by atoms with Gasteiger partial charge in [-0.25, -0.2) is 4.79 Å². The highest BCUT2D eigenvalue weighted by molar-refractivity contribution is 6.61. The summed E-state index contributed by atoms with van der Waals surface area (Å²) >= 11 is 0. The molecule has 1 N–H and O–H groups in total. The Kier molecular flexibility index (Phi) is 2.93. The van der Waals surface area contributed by atoms with Crippen molar-refractivity contribution in [3.63, 3.8) is 0 Å². The predicted molar refractivity (Wildman–Crippen MR) is 50.6 cm³/mol. The number of halogens is 3. The molecular formula is C8H14BF3NO2-. The van der Waals surface area contributed by atoms with Crippen LogP contribution in [0.25, 0.3) is 0 Å². The number of alkyl carbamates (subject to hydrolysis) is 1. The first-order valence-corrected chi connectivity index (χ1v) is 4.79. The first kappa shape index (κ1) is 12.2. The lowest BCUT2D eigenvalue weighted by atomic mass is 9.83. The Morgan fingerprint density at radius 2 is 1.93 bits per heavy atom. The van der Waals surface area contributed by atoms with Gasteiger partial charge in [-0.2, -0.15) is 0 Å². The number of ether oxygens (including phenoxy) is 1. The Labute approximate surface area is 86.4 Å². The fourth-order valence-electron chi connectivity index (χ4n) is 1.26. The highest BCUT2D eigenvalue weighted by Gasteiger charge is 2.51. The first-order chi connectivity index (χ1) is 6.59. The molecule has 15 heavy (non-hydrogen) atoms. The van der Waals surface area contributed by atoms with Crippen LogP contribution >= 0.6 is 0 Å². The quantitative estimate of drug-likeness (QED) is 0.731. The number of hydrogen-bond donors (Lipinski definition) is 1. The Morgan fingerprint density at radius 3 is 2.27 bits per heavy atom. The summed E-state index contributed by atoms with van der Waals surface area (Å²) in [7, 11) is 0. The van der Waals surface area contributed by atoms with Crippen LogP contribution in [0.5, 0.6) is 0 Å². The maximum absolute atomic E-state index is 12.1. The predicted octanol–water partition coefficient (Wildman–Crippen LogP) is 2.50. The van der Waals surface area contributed by atoms with Crippen molar-refractivity contribution in [3.05, 3.63) is 0 Å². The third kappa shape index (κ3) is 4.01. The topological polar surface area (TPSA) is 38.3 Å². The number of amides is 1. The number of rotatable bonds is 2. The lowest BCUT2D eigenvalue weighted by Crippen LogP contribution is -2.35. The molecule has 0 aromatic rings. The molecule has 2 atom stereocenters. The molecule has 0 aliphatic heterocycles. The second-order valence-corrected chi connectivity index (χ2v) is 4.78. The number of carbonyl (C=O) groups is 1. The smallest absolute Gasteiger partial charge is 0.449 e. The molecule has 0 radical (unpaired) electrons. The van der Waals surface area contributed by atoms with Crippen molar-refractivity contribution in [2.45, 2.75) is 44.7 Å². The third-order valence-electron chi connectivity index (χ3n) is 2.03. The van der Waals surface area contributed by atoms with Crippen LogP contribution in [0.3, 0.4) is 0 Å². The highest BCUT2D eigenvalue weighted by atomic mass is 19.4. The Bertz CT molecular complexity index is 262. The maximum Gasteiger partial charge on any atom is 0.483 e. The molecule has 3 nitrogen and oxygen atoms in total. The van der Waals surface area contributed by atoms with Crippen molar-refractivity contribution < 1.29 is 22.5 Å². The maximum atomic E-state index is 12.1. The van der Waals surface area contributed by atoms with Gasteiger partial charge in [0.2, 0.25) is 0 Å². The third-order valence-corrected chi connectivity index (χ3v) is 2.03. The number of hydrogen-bond acceptors (Lipinski definition) is 2. The van der Waals surface area contributed by atoms with Crippen molar-refractivity contribution in [1.29, 1.82) is 0 Å². The zero-order valence-corrected chi connectivity index (χ0v) is 8.89. The summed E-state index contributed by atoms with van der Waals surface area (Å²) in [5.41, 5.74) is -0.683. The van der Waals surface area contributed by atoms with Gasteiger partial charge in [0.15, 0.2) is 0 Å². The second kappa shape index (κ2) is 3.61. The first-order valence-electron chi connectivity index (χ1n) is 4.79. The van der Waals surface area contributed by atoms with Gasteiger partial charge in [-0.1, -0.05) is 12.2 Å². The van der Waals surface area contributed by atoms with Crippen molar-refractivity contribution >= 4 is 13.1 Å². The van der Waals surface area contributed by atoms with Gasteiger partial charge in [0.25, 0.3) is 0 Å². The van der Waals surface area contributed by atoms with Gasteiger partial charge in [-0.05, 0) is 20.8 Å². The summed E-state index contributed by atoms with van der Waals surface area (Å²) in [6.07, 6.45) is -0.807. The van der Waals surface area contributed by atoms with Crippen molar-refractivity contribution in [3.8, 4) is 0 Å². The molecular weight excluding hydrogens is 210 g/mol. The van der Waals surface area contributed by atoms with Crippen LogP contribution in [0.4, 0.5) is 17.7 Å². The molecule has 0 saturated heterocycles. The SMILES string of the molecule is CC(C)(C)OC(=O)N[C@@H]1C[C@@H]1[B-](F)(F)F. The van der Waals surface area contributed by atoms with Gasteiger partial charge in [0.1, 0.15) is 5.60 Å². The lowest BCUT2D eigenvalue weighted by molar-refractivity contribution is 0.0523. The standard InChI is InChI=1S/C8H14BF3NO2/c1-8(2,3)15-7(14)13-6-4-5(6)9(10,11)12/h5-6H,4H2,1-3H3,(H,13,14)/q-1/t5-,6+/m0/s1. The van der Waals surface area contributed by atoms with Gasteiger partial charge in [-0.3, -0.25) is 0 Å². The van der Waals surface area contributed by atoms with E-state index in [-0.39, 0.29) is 6.42 Å². The molecule has 0 aromatic carbocycles. The molecule has 0 heterocycles. The Balaban J connectivity index is 2.31. The monoisotopic (exact) mass is 224 g/mol. The largest absolute Gasteiger partial charge is 0.483 e. The van der Waals surface area contributed by atoms with E-state index in [1.807, 2.05) is 0 Å². The van der Waals surface area contributed by atoms with Crippen LogP contribution in [0.2, 0.25) is 5.82 Å². The zero-order valence-electron chi connectivity index (χ0n) is 8.89. The van der Waals surface area contributed by atoms with E-state index in [0.717, 1.165) is 0 Å². The minimum absolute atomic E-state index is 0.0251. The van der Waals surface area contributed by atoms with Gasteiger partial charge in [0.05, 0.1) is 0 Å². The average Bonchev–Trinajstić information content (AvgIpc) is 2.59. The molecule has 0 unspecified atom stereocenters. The Hall–Kier alpha value is -0.875. The van der Waals surface area contributed by atoms with Gasteiger partial charge in [0, 0.05) is 6.04 Å². The fourth-order valence-corrected chi connectivity index (χ4v) is 1.26. The fraction of sp³-hybridized carbons (Fsp3) is 0.875. The summed E-state index contributed by atoms with van der Waals surface area (Å²) < 4.78 is 41.3. The molecule has 1 fully saturated rings. The minimum atomic E-state index is -4.83. The van der Waals surface area contributed by atoms with Crippen LogP contribution in [-0.2, 0) is 4.74 Å². The lowest BCUT2D eigenvalue weighted by Gasteiger charge is -2.20.